The van der Waals surface area contributed by atoms with Gasteiger partial charge in [-0.05, 0) is 18.1 Å². The molecule has 0 saturated carbocycles. The number of benzene rings is 3. The second-order valence-electron chi connectivity index (χ2n) is 8.58. The monoisotopic (exact) mass is 487 g/mol. The number of carbonyl (C=O) groups is 1. The molecule has 9 nitrogen and oxygen atoms in total. The number of hydrogen-bond donors (Lipinski definition) is 3. The normalized spacial score (nSPS) is 15.4. The number of nitrogens with one attached hydrogen (secondary N) is 2. The number of rotatable bonds is 6. The molecule has 2 heterocycles. The second kappa shape index (κ2) is 11.1. The predicted molar refractivity (Wildman–Crippen MR) is 138 cm³/mol. The Labute approximate surface area is 208 Å². The summed E-state index contributed by atoms with van der Waals surface area (Å²) in [6.07, 6.45) is 0.708. The fourth-order valence-corrected chi connectivity index (χ4v) is 4.72. The number of amides is 1. The van der Waals surface area contributed by atoms with Crippen molar-refractivity contribution in [1.82, 2.24) is 19.8 Å². The third kappa shape index (κ3) is 4.86. The van der Waals surface area contributed by atoms with Gasteiger partial charge in [-0.3, -0.25) is 9.36 Å². The highest BCUT2D eigenvalue weighted by Gasteiger charge is 2.32. The van der Waals surface area contributed by atoms with Crippen LogP contribution in [0.15, 0.2) is 89.7 Å². The van der Waals surface area contributed by atoms with E-state index in [1.54, 1.807) is 24.3 Å². The van der Waals surface area contributed by atoms with Crippen molar-refractivity contribution in [2.75, 3.05) is 19.6 Å². The van der Waals surface area contributed by atoms with Crippen molar-refractivity contribution in [3.05, 3.63) is 112 Å². The van der Waals surface area contributed by atoms with Crippen molar-refractivity contribution in [3.63, 3.8) is 0 Å². The first-order valence-corrected chi connectivity index (χ1v) is 11.7. The molecule has 1 aromatic heterocycles. The molecule has 0 unspecified atom stereocenters. The number of hydrogen-bond acceptors (Lipinski definition) is 4. The van der Waals surface area contributed by atoms with Crippen LogP contribution in [0.1, 0.15) is 16.1 Å². The molecule has 5 rings (SSSR count). The predicted octanol–water partition coefficient (Wildman–Crippen LogP) is 1.36. The quantitative estimate of drug-likeness (QED) is 0.279. The molecule has 1 saturated heterocycles. The number of para-hydroxylation sites is 1. The number of imidazole rings is 1. The van der Waals surface area contributed by atoms with Gasteiger partial charge in [0.2, 0.25) is 0 Å². The van der Waals surface area contributed by atoms with Gasteiger partial charge in [0.05, 0.1) is 5.69 Å². The molecule has 0 radical (unpaired) electrons. The van der Waals surface area contributed by atoms with E-state index in [1.807, 2.05) is 53.4 Å². The summed E-state index contributed by atoms with van der Waals surface area (Å²) in [6, 6.07) is 26.2. The SMILES string of the molecule is O.O=C(c1[nH]c(=O)n(-c2ccccc2[NH2+][O-])c1-c1ccccc1)N1CCNC[C@H]1Cc1ccccc1. The molecule has 1 atom stereocenters. The van der Waals surface area contributed by atoms with Gasteiger partial charge in [0, 0.05) is 37.3 Å². The molecule has 3 aromatic carbocycles. The molecule has 0 aliphatic carbocycles. The van der Waals surface area contributed by atoms with Gasteiger partial charge in [0.15, 0.2) is 5.69 Å². The van der Waals surface area contributed by atoms with Gasteiger partial charge in [-0.25, -0.2) is 4.79 Å². The van der Waals surface area contributed by atoms with E-state index in [-0.39, 0.29) is 23.1 Å². The number of nitrogens with zero attached hydrogens (tertiary/aromatic N) is 2. The fraction of sp³-hybridized carbons (Fsp3) is 0.185. The number of piperazine rings is 1. The summed E-state index contributed by atoms with van der Waals surface area (Å²) >= 11 is 0. The van der Waals surface area contributed by atoms with Crippen LogP contribution in [0.25, 0.3) is 16.9 Å². The largest absolute Gasteiger partial charge is 0.630 e. The van der Waals surface area contributed by atoms with Crippen molar-refractivity contribution >= 4 is 11.6 Å². The van der Waals surface area contributed by atoms with Crippen LogP contribution in [-0.4, -0.2) is 51.5 Å². The Bertz CT molecular complexity index is 1370. The number of aromatic amines is 1. The summed E-state index contributed by atoms with van der Waals surface area (Å²) in [5, 5.41) is 15.1. The van der Waals surface area contributed by atoms with Crippen LogP contribution >= 0.6 is 0 Å². The van der Waals surface area contributed by atoms with Crippen LogP contribution in [0.3, 0.4) is 0 Å². The Morgan fingerprint density at radius 3 is 2.36 bits per heavy atom. The van der Waals surface area contributed by atoms with Crippen molar-refractivity contribution in [2.45, 2.75) is 12.5 Å². The lowest BCUT2D eigenvalue weighted by molar-refractivity contribution is -0.496. The zero-order valence-corrected chi connectivity index (χ0v) is 19.7. The summed E-state index contributed by atoms with van der Waals surface area (Å²) in [4.78, 5) is 31.9. The van der Waals surface area contributed by atoms with Crippen molar-refractivity contribution in [2.24, 2.45) is 0 Å². The van der Waals surface area contributed by atoms with Gasteiger partial charge in [-0.1, -0.05) is 72.8 Å². The summed E-state index contributed by atoms with van der Waals surface area (Å²) in [5.41, 5.74) is 3.59. The zero-order valence-electron chi connectivity index (χ0n) is 19.7. The number of aromatic nitrogens is 2. The number of H-pyrrole nitrogens is 1. The Morgan fingerprint density at radius 1 is 0.972 bits per heavy atom. The highest BCUT2D eigenvalue weighted by atomic mass is 16.5. The lowest BCUT2D eigenvalue weighted by Gasteiger charge is -2.36. The molecule has 36 heavy (non-hydrogen) atoms. The number of carbonyl (C=O) groups excluding carboxylic acids is 1. The minimum Gasteiger partial charge on any atom is -0.630 e. The maximum Gasteiger partial charge on any atom is 0.331 e. The molecule has 0 spiro atoms. The van der Waals surface area contributed by atoms with E-state index < -0.39 is 5.69 Å². The second-order valence-corrected chi connectivity index (χ2v) is 8.58. The highest BCUT2D eigenvalue weighted by molar-refractivity contribution is 5.99. The highest BCUT2D eigenvalue weighted by Crippen LogP contribution is 2.28. The van der Waals surface area contributed by atoms with Gasteiger partial charge in [0.25, 0.3) is 5.91 Å². The van der Waals surface area contributed by atoms with Gasteiger partial charge >= 0.3 is 5.69 Å². The average molecular weight is 488 g/mol. The minimum atomic E-state index is -0.462. The lowest BCUT2D eigenvalue weighted by atomic mass is 10.0. The van der Waals surface area contributed by atoms with Crippen LogP contribution in [0.5, 0.6) is 0 Å². The lowest BCUT2D eigenvalue weighted by Crippen LogP contribution is -2.70. The smallest absolute Gasteiger partial charge is 0.331 e. The molecular weight excluding hydrogens is 458 g/mol. The van der Waals surface area contributed by atoms with Crippen LogP contribution in [0.2, 0.25) is 0 Å². The first-order chi connectivity index (χ1) is 17.2. The fourth-order valence-electron chi connectivity index (χ4n) is 4.72. The van der Waals surface area contributed by atoms with E-state index in [4.69, 9.17) is 0 Å². The van der Waals surface area contributed by atoms with E-state index in [0.29, 0.717) is 48.7 Å². The minimum absolute atomic E-state index is 0. The van der Waals surface area contributed by atoms with E-state index in [2.05, 4.69) is 22.4 Å². The van der Waals surface area contributed by atoms with Gasteiger partial charge in [0.1, 0.15) is 11.4 Å². The van der Waals surface area contributed by atoms with E-state index in [1.165, 1.54) is 4.57 Å². The topological polar surface area (TPSA) is 141 Å². The first-order valence-electron chi connectivity index (χ1n) is 11.7. The molecular formula is C27H29N5O4. The van der Waals surface area contributed by atoms with Crippen LogP contribution in [0, 0.1) is 5.21 Å². The van der Waals surface area contributed by atoms with Gasteiger partial charge in [-0.2, -0.15) is 0 Å². The van der Waals surface area contributed by atoms with Gasteiger partial charge < -0.3 is 31.4 Å². The average Bonchev–Trinajstić information content (AvgIpc) is 3.26. The molecule has 6 N–H and O–H groups in total. The summed E-state index contributed by atoms with van der Waals surface area (Å²) in [7, 11) is 0. The molecule has 1 amide bonds. The van der Waals surface area contributed by atoms with Crippen molar-refractivity contribution in [1.29, 1.82) is 0 Å². The summed E-state index contributed by atoms with van der Waals surface area (Å²) in [6.45, 7) is 1.87. The summed E-state index contributed by atoms with van der Waals surface area (Å²) in [5.74, 6) is -0.231. The van der Waals surface area contributed by atoms with Crippen LogP contribution in [0.4, 0.5) is 5.69 Å². The van der Waals surface area contributed by atoms with Gasteiger partial charge in [-0.15, -0.1) is 0 Å². The van der Waals surface area contributed by atoms with E-state index in [0.717, 1.165) is 11.0 Å². The van der Waals surface area contributed by atoms with Crippen LogP contribution < -0.4 is 16.5 Å². The molecule has 186 valence electrons. The molecule has 9 heteroatoms. The molecule has 1 aliphatic heterocycles. The van der Waals surface area contributed by atoms with Crippen molar-refractivity contribution in [3.8, 4) is 16.9 Å². The number of quaternary nitrogens is 1. The number of nitrogens with two attached hydrogens (primary N) is 1. The first kappa shape index (κ1) is 25.1. The molecule has 4 aromatic rings. The van der Waals surface area contributed by atoms with Crippen molar-refractivity contribution < 1.29 is 15.8 Å². The molecule has 0 bridgehead atoms. The molecule has 1 aliphatic rings. The molecule has 1 fully saturated rings. The third-order valence-electron chi connectivity index (χ3n) is 6.39. The Morgan fingerprint density at radius 2 is 1.64 bits per heavy atom. The van der Waals surface area contributed by atoms with E-state index in [9.17, 15) is 14.8 Å². The Balaban J connectivity index is 0.00000304. The zero-order chi connectivity index (χ0) is 24.2. The maximum atomic E-state index is 14.0. The standard InChI is InChI=1S/C27H27N5O3.H2O/c33-26(31-16-15-28-18-21(31)17-19-9-3-1-4-10-19)24-25(20-11-5-2-6-12-20)32(27(34)29-24)23-14-8-7-13-22(23)30-35;/h1-14,21,28H,15-18,30H2,(H,29,34);1H2/t21-;/m1./s1. The maximum absolute atomic E-state index is 14.0. The Kier molecular flexibility index (Phi) is 7.77. The van der Waals surface area contributed by atoms with E-state index >= 15 is 0 Å². The van der Waals surface area contributed by atoms with Crippen LogP contribution in [-0.2, 0) is 6.42 Å². The Hall–Kier alpha value is -4.02. The summed E-state index contributed by atoms with van der Waals surface area (Å²) < 4.78 is 1.43. The third-order valence-corrected chi connectivity index (χ3v) is 6.39.